The summed E-state index contributed by atoms with van der Waals surface area (Å²) in [4.78, 5) is 15.1. The summed E-state index contributed by atoms with van der Waals surface area (Å²) in [6.45, 7) is 2.99. The number of imidazole rings is 1. The average Bonchev–Trinajstić information content (AvgIpc) is 3.07. The number of nitro benzene ring substituents is 1. The molecule has 0 amide bonds. The van der Waals surface area contributed by atoms with Crippen LogP contribution in [0, 0.1) is 17.0 Å². The summed E-state index contributed by atoms with van der Waals surface area (Å²) in [5, 5.41) is 10.8. The summed E-state index contributed by atoms with van der Waals surface area (Å²) in [6.07, 6.45) is -0.178. The van der Waals surface area contributed by atoms with Crippen molar-refractivity contribution in [3.63, 3.8) is 0 Å². The number of fused-ring (bicyclic) bond motifs is 1. The van der Waals surface area contributed by atoms with Gasteiger partial charge in [-0.15, -0.1) is 0 Å². The molecule has 146 valence electrons. The van der Waals surface area contributed by atoms with Crippen molar-refractivity contribution >= 4 is 16.7 Å². The molecule has 1 unspecified atom stereocenters. The van der Waals surface area contributed by atoms with Gasteiger partial charge in [0.05, 0.1) is 29.1 Å². The van der Waals surface area contributed by atoms with Crippen LogP contribution in [-0.4, -0.2) is 14.5 Å². The lowest BCUT2D eigenvalue weighted by atomic mass is 10.1. The van der Waals surface area contributed by atoms with E-state index in [-0.39, 0.29) is 11.8 Å². The molecule has 4 aromatic rings. The second-order valence-corrected chi connectivity index (χ2v) is 6.89. The number of para-hydroxylation sites is 2. The van der Waals surface area contributed by atoms with Crippen molar-refractivity contribution in [2.24, 2.45) is 0 Å². The Kier molecular flexibility index (Phi) is 5.35. The molecule has 1 atom stereocenters. The molecule has 1 heterocycles. The standard InChI is InChI=1S/C23H21N3O3/c1-17-24-21-9-5-6-10-22(21)25(17)15-23(19-7-3-2-4-8-19)29-16-18-11-13-20(14-12-18)26(27)28/h2-14,23H,15-16H2,1H3. The van der Waals surface area contributed by atoms with Crippen LogP contribution in [0.5, 0.6) is 0 Å². The van der Waals surface area contributed by atoms with Gasteiger partial charge in [0.1, 0.15) is 11.9 Å². The van der Waals surface area contributed by atoms with Crippen LogP contribution in [0.3, 0.4) is 0 Å². The summed E-state index contributed by atoms with van der Waals surface area (Å²) in [5.41, 5.74) is 4.08. The summed E-state index contributed by atoms with van der Waals surface area (Å²) in [7, 11) is 0. The van der Waals surface area contributed by atoms with Gasteiger partial charge in [0.15, 0.2) is 0 Å². The minimum Gasteiger partial charge on any atom is -0.367 e. The van der Waals surface area contributed by atoms with Gasteiger partial charge in [0, 0.05) is 12.1 Å². The third-order valence-corrected chi connectivity index (χ3v) is 4.96. The van der Waals surface area contributed by atoms with E-state index in [1.54, 1.807) is 12.1 Å². The van der Waals surface area contributed by atoms with Crippen LogP contribution in [0.1, 0.15) is 23.1 Å². The zero-order chi connectivity index (χ0) is 20.2. The van der Waals surface area contributed by atoms with E-state index < -0.39 is 4.92 Å². The topological polar surface area (TPSA) is 70.2 Å². The zero-order valence-corrected chi connectivity index (χ0v) is 16.1. The van der Waals surface area contributed by atoms with Gasteiger partial charge in [0.25, 0.3) is 5.69 Å². The first kappa shape index (κ1) is 18.8. The van der Waals surface area contributed by atoms with E-state index >= 15 is 0 Å². The molecule has 0 bridgehead atoms. The molecule has 6 nitrogen and oxygen atoms in total. The number of hydrogen-bond donors (Lipinski definition) is 0. The molecular weight excluding hydrogens is 366 g/mol. The number of aromatic nitrogens is 2. The predicted molar refractivity (Wildman–Crippen MR) is 112 cm³/mol. The maximum absolute atomic E-state index is 10.8. The van der Waals surface area contributed by atoms with Crippen LogP contribution < -0.4 is 0 Å². The Morgan fingerprint density at radius 2 is 1.69 bits per heavy atom. The fraction of sp³-hybridized carbons (Fsp3) is 0.174. The molecule has 0 aliphatic rings. The van der Waals surface area contributed by atoms with E-state index in [1.165, 1.54) is 12.1 Å². The highest BCUT2D eigenvalue weighted by Crippen LogP contribution is 2.25. The van der Waals surface area contributed by atoms with E-state index in [0.29, 0.717) is 13.2 Å². The lowest BCUT2D eigenvalue weighted by Gasteiger charge is -2.20. The van der Waals surface area contributed by atoms with E-state index in [9.17, 15) is 10.1 Å². The lowest BCUT2D eigenvalue weighted by Crippen LogP contribution is -2.14. The Hall–Kier alpha value is -3.51. The molecule has 29 heavy (non-hydrogen) atoms. The normalized spacial score (nSPS) is 12.2. The fourth-order valence-corrected chi connectivity index (χ4v) is 3.42. The van der Waals surface area contributed by atoms with Gasteiger partial charge in [-0.1, -0.05) is 42.5 Å². The maximum atomic E-state index is 10.8. The van der Waals surface area contributed by atoms with Crippen molar-refractivity contribution in [1.29, 1.82) is 0 Å². The molecule has 0 fully saturated rings. The summed E-state index contributed by atoms with van der Waals surface area (Å²) in [6, 6.07) is 24.6. The number of benzene rings is 3. The number of ether oxygens (including phenoxy) is 1. The molecule has 3 aromatic carbocycles. The van der Waals surface area contributed by atoms with E-state index in [1.807, 2.05) is 43.3 Å². The first-order chi connectivity index (χ1) is 14.1. The number of rotatable bonds is 7. The van der Waals surface area contributed by atoms with Crippen molar-refractivity contribution in [2.75, 3.05) is 0 Å². The van der Waals surface area contributed by atoms with E-state index in [4.69, 9.17) is 4.74 Å². The van der Waals surface area contributed by atoms with E-state index in [0.717, 1.165) is 28.0 Å². The minimum atomic E-state index is -0.398. The third-order valence-electron chi connectivity index (χ3n) is 4.96. The van der Waals surface area contributed by atoms with Crippen molar-refractivity contribution in [3.05, 3.63) is 106 Å². The van der Waals surface area contributed by atoms with Gasteiger partial charge in [-0.2, -0.15) is 0 Å². The van der Waals surface area contributed by atoms with E-state index in [2.05, 4.69) is 27.8 Å². The van der Waals surface area contributed by atoms with Crippen molar-refractivity contribution < 1.29 is 9.66 Å². The Balaban J connectivity index is 1.58. The maximum Gasteiger partial charge on any atom is 0.269 e. The monoisotopic (exact) mass is 387 g/mol. The Bertz CT molecular complexity index is 1120. The quantitative estimate of drug-likeness (QED) is 0.322. The fourth-order valence-electron chi connectivity index (χ4n) is 3.42. The number of non-ortho nitro benzene ring substituents is 1. The molecule has 0 N–H and O–H groups in total. The molecule has 1 aromatic heterocycles. The van der Waals surface area contributed by atoms with Crippen LogP contribution in [0.2, 0.25) is 0 Å². The second-order valence-electron chi connectivity index (χ2n) is 6.89. The molecule has 0 radical (unpaired) electrons. The Morgan fingerprint density at radius 3 is 2.41 bits per heavy atom. The molecule has 4 rings (SSSR count). The van der Waals surface area contributed by atoms with Crippen molar-refractivity contribution in [1.82, 2.24) is 9.55 Å². The number of aryl methyl sites for hydroxylation is 1. The highest BCUT2D eigenvalue weighted by molar-refractivity contribution is 5.75. The molecular formula is C23H21N3O3. The first-order valence-electron chi connectivity index (χ1n) is 9.43. The third kappa shape index (κ3) is 4.17. The molecule has 0 saturated heterocycles. The molecule has 0 aliphatic heterocycles. The van der Waals surface area contributed by atoms with Crippen LogP contribution in [0.25, 0.3) is 11.0 Å². The lowest BCUT2D eigenvalue weighted by molar-refractivity contribution is -0.384. The van der Waals surface area contributed by atoms with Crippen molar-refractivity contribution in [2.45, 2.75) is 26.2 Å². The number of nitro groups is 1. The smallest absolute Gasteiger partial charge is 0.269 e. The summed E-state index contributed by atoms with van der Waals surface area (Å²) in [5.74, 6) is 0.936. The molecule has 0 aliphatic carbocycles. The molecule has 0 saturated carbocycles. The molecule has 6 heteroatoms. The highest BCUT2D eigenvalue weighted by atomic mass is 16.6. The summed E-state index contributed by atoms with van der Waals surface area (Å²) < 4.78 is 8.44. The summed E-state index contributed by atoms with van der Waals surface area (Å²) >= 11 is 0. The van der Waals surface area contributed by atoms with Gasteiger partial charge in [-0.25, -0.2) is 4.98 Å². The van der Waals surface area contributed by atoms with Gasteiger partial charge in [0.2, 0.25) is 0 Å². The van der Waals surface area contributed by atoms with Crippen LogP contribution in [-0.2, 0) is 17.9 Å². The van der Waals surface area contributed by atoms with Crippen LogP contribution in [0.4, 0.5) is 5.69 Å². The zero-order valence-electron chi connectivity index (χ0n) is 16.1. The number of hydrogen-bond acceptors (Lipinski definition) is 4. The van der Waals surface area contributed by atoms with Gasteiger partial charge in [-0.05, 0) is 42.3 Å². The van der Waals surface area contributed by atoms with Gasteiger partial charge < -0.3 is 9.30 Å². The average molecular weight is 387 g/mol. The first-order valence-corrected chi connectivity index (χ1v) is 9.43. The minimum absolute atomic E-state index is 0.0777. The van der Waals surface area contributed by atoms with Crippen molar-refractivity contribution in [3.8, 4) is 0 Å². The van der Waals surface area contributed by atoms with Crippen LogP contribution in [0.15, 0.2) is 78.9 Å². The predicted octanol–water partition coefficient (Wildman–Crippen LogP) is 5.21. The Labute approximate surface area is 168 Å². The molecule has 0 spiro atoms. The SMILES string of the molecule is Cc1nc2ccccc2n1CC(OCc1ccc([N+](=O)[O-])cc1)c1ccccc1. The highest BCUT2D eigenvalue weighted by Gasteiger charge is 2.17. The Morgan fingerprint density at radius 1 is 1.00 bits per heavy atom. The van der Waals surface area contributed by atoms with Gasteiger partial charge in [-0.3, -0.25) is 10.1 Å². The van der Waals surface area contributed by atoms with Crippen LogP contribution >= 0.6 is 0 Å². The number of nitrogens with zero attached hydrogens (tertiary/aromatic N) is 3. The van der Waals surface area contributed by atoms with Gasteiger partial charge >= 0.3 is 0 Å². The second kappa shape index (κ2) is 8.24. The largest absolute Gasteiger partial charge is 0.367 e.